The van der Waals surface area contributed by atoms with Crippen LogP contribution in [0.3, 0.4) is 0 Å². The number of anilines is 2. The summed E-state index contributed by atoms with van der Waals surface area (Å²) in [4.78, 5) is 28.0. The fourth-order valence-corrected chi connectivity index (χ4v) is 2.43. The number of carbonyl (C=O) groups excluding carboxylic acids is 2. The van der Waals surface area contributed by atoms with E-state index in [1.165, 1.54) is 6.07 Å². The van der Waals surface area contributed by atoms with Crippen molar-refractivity contribution in [2.24, 2.45) is 11.0 Å². The largest absolute Gasteiger partial charge is 0.462 e. The molecule has 1 heterocycles. The zero-order valence-corrected chi connectivity index (χ0v) is 12.2. The number of amides is 1. The van der Waals surface area contributed by atoms with Crippen LogP contribution >= 0.6 is 0 Å². The van der Waals surface area contributed by atoms with E-state index in [2.05, 4.69) is 10.0 Å². The minimum absolute atomic E-state index is 0.0208. The third-order valence-electron chi connectivity index (χ3n) is 3.44. The molecule has 0 aromatic heterocycles. The van der Waals surface area contributed by atoms with Crippen molar-refractivity contribution in [1.29, 1.82) is 0 Å². The van der Waals surface area contributed by atoms with Gasteiger partial charge in [-0.1, -0.05) is 5.11 Å². The molecule has 1 aromatic carbocycles. The number of ether oxygens (including phenoxy) is 1. The van der Waals surface area contributed by atoms with Gasteiger partial charge < -0.3 is 15.4 Å². The molecule has 22 heavy (non-hydrogen) atoms. The molecule has 1 aliphatic heterocycles. The molecule has 1 saturated heterocycles. The lowest BCUT2D eigenvalue weighted by Crippen LogP contribution is -2.26. The van der Waals surface area contributed by atoms with Crippen molar-refractivity contribution in [3.8, 4) is 0 Å². The van der Waals surface area contributed by atoms with Gasteiger partial charge in [-0.15, -0.1) is 0 Å². The quantitative estimate of drug-likeness (QED) is 0.294. The van der Waals surface area contributed by atoms with E-state index in [1.807, 2.05) is 0 Å². The van der Waals surface area contributed by atoms with Crippen molar-refractivity contribution in [1.82, 2.24) is 0 Å². The number of benzene rings is 1. The Kier molecular flexibility index (Phi) is 4.85. The van der Waals surface area contributed by atoms with Crippen molar-refractivity contribution in [3.05, 3.63) is 34.2 Å². The number of azide groups is 1. The van der Waals surface area contributed by atoms with Gasteiger partial charge in [-0.25, -0.2) is 4.79 Å². The first-order valence-electron chi connectivity index (χ1n) is 6.94. The highest BCUT2D eigenvalue weighted by Crippen LogP contribution is 2.30. The van der Waals surface area contributed by atoms with Crippen molar-refractivity contribution >= 4 is 23.3 Å². The molecule has 0 saturated carbocycles. The van der Waals surface area contributed by atoms with Crippen molar-refractivity contribution in [2.45, 2.75) is 13.3 Å². The average molecular weight is 303 g/mol. The molecule has 0 radical (unpaired) electrons. The van der Waals surface area contributed by atoms with E-state index in [9.17, 15) is 9.59 Å². The van der Waals surface area contributed by atoms with Gasteiger partial charge in [0.15, 0.2) is 0 Å². The molecule has 1 amide bonds. The second kappa shape index (κ2) is 6.82. The summed E-state index contributed by atoms with van der Waals surface area (Å²) in [5.41, 5.74) is 15.5. The lowest BCUT2D eigenvalue weighted by molar-refractivity contribution is -0.117. The van der Waals surface area contributed by atoms with Crippen LogP contribution < -0.4 is 10.6 Å². The Balaban J connectivity index is 2.17. The maximum atomic E-state index is 12.1. The van der Waals surface area contributed by atoms with Gasteiger partial charge in [0.2, 0.25) is 5.91 Å². The standard InChI is InChI=1S/C14H17N5O3/c1-2-22-14(21)10-3-4-12(11(15)6-10)19-8-9(5-13(19)20)7-17-18-16/h3-4,6,9H,2,5,7-8,15H2,1H3. The van der Waals surface area contributed by atoms with Crippen LogP contribution in [0.15, 0.2) is 23.3 Å². The van der Waals surface area contributed by atoms with Crippen LogP contribution in [0.4, 0.5) is 11.4 Å². The molecule has 2 rings (SSSR count). The Morgan fingerprint density at radius 3 is 3.00 bits per heavy atom. The highest BCUT2D eigenvalue weighted by atomic mass is 16.5. The summed E-state index contributed by atoms with van der Waals surface area (Å²) in [5.74, 6) is -0.545. The predicted molar refractivity (Wildman–Crippen MR) is 81.3 cm³/mol. The summed E-state index contributed by atoms with van der Waals surface area (Å²) >= 11 is 0. The molecule has 8 nitrogen and oxygen atoms in total. The van der Waals surface area contributed by atoms with Crippen LogP contribution in [-0.4, -0.2) is 31.6 Å². The number of nitrogen functional groups attached to an aromatic ring is 1. The average Bonchev–Trinajstić information content (AvgIpc) is 2.86. The van der Waals surface area contributed by atoms with E-state index < -0.39 is 5.97 Å². The monoisotopic (exact) mass is 303 g/mol. The predicted octanol–water partition coefficient (Wildman–Crippen LogP) is 2.11. The maximum Gasteiger partial charge on any atom is 0.338 e. The number of carbonyl (C=O) groups is 2. The number of nitrogens with zero attached hydrogens (tertiary/aromatic N) is 4. The van der Waals surface area contributed by atoms with Gasteiger partial charge in [0.05, 0.1) is 23.5 Å². The Morgan fingerprint density at radius 1 is 1.59 bits per heavy atom. The lowest BCUT2D eigenvalue weighted by Gasteiger charge is -2.19. The van der Waals surface area contributed by atoms with E-state index in [0.29, 0.717) is 29.9 Å². The van der Waals surface area contributed by atoms with Gasteiger partial charge >= 0.3 is 5.97 Å². The summed E-state index contributed by atoms with van der Waals surface area (Å²) in [6.45, 7) is 2.73. The molecule has 1 fully saturated rings. The van der Waals surface area contributed by atoms with Crippen LogP contribution in [0.1, 0.15) is 23.7 Å². The van der Waals surface area contributed by atoms with E-state index in [-0.39, 0.29) is 25.0 Å². The van der Waals surface area contributed by atoms with E-state index in [4.69, 9.17) is 16.0 Å². The van der Waals surface area contributed by atoms with E-state index in [0.717, 1.165) is 0 Å². The maximum absolute atomic E-state index is 12.1. The first kappa shape index (κ1) is 15.7. The Hall–Kier alpha value is -2.73. The SMILES string of the molecule is CCOC(=O)c1ccc(N2CC(CN=[N+]=[N-])CC2=O)c(N)c1. The van der Waals surface area contributed by atoms with Gasteiger partial charge in [-0.05, 0) is 36.6 Å². The molecule has 1 unspecified atom stereocenters. The molecule has 8 heteroatoms. The molecular weight excluding hydrogens is 286 g/mol. The summed E-state index contributed by atoms with van der Waals surface area (Å²) in [6, 6.07) is 4.72. The van der Waals surface area contributed by atoms with Gasteiger partial charge in [0, 0.05) is 24.4 Å². The number of esters is 1. The number of rotatable bonds is 5. The van der Waals surface area contributed by atoms with Crippen molar-refractivity contribution < 1.29 is 14.3 Å². The van der Waals surface area contributed by atoms with Crippen LogP contribution in [-0.2, 0) is 9.53 Å². The van der Waals surface area contributed by atoms with E-state index >= 15 is 0 Å². The number of hydrogen-bond donors (Lipinski definition) is 1. The zero-order chi connectivity index (χ0) is 16.1. The minimum Gasteiger partial charge on any atom is -0.462 e. The molecule has 2 N–H and O–H groups in total. The second-order valence-corrected chi connectivity index (χ2v) is 4.98. The Morgan fingerprint density at radius 2 is 2.36 bits per heavy atom. The summed E-state index contributed by atoms with van der Waals surface area (Å²) < 4.78 is 4.91. The highest BCUT2D eigenvalue weighted by molar-refractivity contribution is 6.00. The second-order valence-electron chi connectivity index (χ2n) is 4.98. The zero-order valence-electron chi connectivity index (χ0n) is 12.2. The summed E-state index contributed by atoms with van der Waals surface area (Å²) in [7, 11) is 0. The Bertz CT molecular complexity index is 639. The first-order chi connectivity index (χ1) is 10.6. The number of hydrogen-bond acceptors (Lipinski definition) is 5. The van der Waals surface area contributed by atoms with Gasteiger partial charge in [-0.3, -0.25) is 4.79 Å². The first-order valence-corrected chi connectivity index (χ1v) is 6.94. The molecule has 0 bridgehead atoms. The van der Waals surface area contributed by atoms with Gasteiger partial charge in [0.25, 0.3) is 0 Å². The van der Waals surface area contributed by atoms with Crippen LogP contribution in [0.25, 0.3) is 10.4 Å². The summed E-state index contributed by atoms with van der Waals surface area (Å²) in [5, 5.41) is 3.51. The fraction of sp³-hybridized carbons (Fsp3) is 0.429. The third kappa shape index (κ3) is 3.29. The van der Waals surface area contributed by atoms with Crippen LogP contribution in [0.5, 0.6) is 0 Å². The fourth-order valence-electron chi connectivity index (χ4n) is 2.43. The molecule has 116 valence electrons. The van der Waals surface area contributed by atoms with E-state index in [1.54, 1.807) is 24.0 Å². The van der Waals surface area contributed by atoms with Crippen molar-refractivity contribution in [2.75, 3.05) is 30.3 Å². The molecule has 1 aromatic rings. The number of nitrogens with two attached hydrogens (primary N) is 1. The Labute approximate surface area is 127 Å². The highest BCUT2D eigenvalue weighted by Gasteiger charge is 2.31. The van der Waals surface area contributed by atoms with Crippen LogP contribution in [0, 0.1) is 5.92 Å². The van der Waals surface area contributed by atoms with Crippen molar-refractivity contribution in [3.63, 3.8) is 0 Å². The summed E-state index contributed by atoms with van der Waals surface area (Å²) in [6.07, 6.45) is 0.318. The van der Waals surface area contributed by atoms with Crippen LogP contribution in [0.2, 0.25) is 0 Å². The van der Waals surface area contributed by atoms with Gasteiger partial charge in [-0.2, -0.15) is 0 Å². The minimum atomic E-state index is -0.449. The molecular formula is C14H17N5O3. The smallest absolute Gasteiger partial charge is 0.338 e. The topological polar surface area (TPSA) is 121 Å². The normalized spacial score (nSPS) is 17.2. The van der Waals surface area contributed by atoms with Gasteiger partial charge in [0.1, 0.15) is 0 Å². The lowest BCUT2D eigenvalue weighted by atomic mass is 10.1. The molecule has 1 aliphatic rings. The molecule has 0 aliphatic carbocycles. The molecule has 0 spiro atoms. The molecule has 1 atom stereocenters. The third-order valence-corrected chi connectivity index (χ3v) is 3.44.